The minimum Gasteiger partial charge on any atom is -0.466 e. The predicted octanol–water partition coefficient (Wildman–Crippen LogP) is 3.20. The predicted molar refractivity (Wildman–Crippen MR) is 100 cm³/mol. The summed E-state index contributed by atoms with van der Waals surface area (Å²) >= 11 is 0. The summed E-state index contributed by atoms with van der Waals surface area (Å²) in [5, 5.41) is 5.31. The van der Waals surface area contributed by atoms with Crippen molar-refractivity contribution >= 4 is 23.5 Å². The number of imide groups is 1. The van der Waals surface area contributed by atoms with Crippen LogP contribution in [0.2, 0.25) is 0 Å². The maximum Gasteiger partial charge on any atom is 0.325 e. The van der Waals surface area contributed by atoms with E-state index >= 15 is 0 Å². The van der Waals surface area contributed by atoms with Crippen LogP contribution in [-0.4, -0.2) is 29.3 Å². The highest BCUT2D eigenvalue weighted by molar-refractivity contribution is 6.10. The van der Waals surface area contributed by atoms with E-state index in [0.717, 1.165) is 11.3 Å². The summed E-state index contributed by atoms with van der Waals surface area (Å²) in [6, 6.07) is 10.2. The maximum atomic E-state index is 12.7. The number of anilines is 1. The second kappa shape index (κ2) is 7.26. The van der Waals surface area contributed by atoms with Crippen LogP contribution in [0.15, 0.2) is 47.1 Å². The lowest BCUT2D eigenvalue weighted by Crippen LogP contribution is -2.41. The van der Waals surface area contributed by atoms with Crippen LogP contribution >= 0.6 is 0 Å². The molecule has 7 heteroatoms. The fourth-order valence-electron chi connectivity index (χ4n) is 3.05. The van der Waals surface area contributed by atoms with Crippen molar-refractivity contribution in [2.45, 2.75) is 38.6 Å². The van der Waals surface area contributed by atoms with Gasteiger partial charge in [-0.05, 0) is 49.1 Å². The SMILES string of the molecule is CC[C@H](C)c1ccc(NC(=O)CN2C(=O)N[C@@](C)(c3ccco3)C2=O)cc1. The summed E-state index contributed by atoms with van der Waals surface area (Å²) in [7, 11) is 0. The Morgan fingerprint density at radius 2 is 1.96 bits per heavy atom. The molecule has 2 N–H and O–H groups in total. The Kier molecular flexibility index (Phi) is 5.03. The monoisotopic (exact) mass is 369 g/mol. The normalized spacial score (nSPS) is 20.5. The first kappa shape index (κ1) is 18.7. The highest BCUT2D eigenvalue weighted by Gasteiger charge is 2.51. The highest BCUT2D eigenvalue weighted by atomic mass is 16.3. The standard InChI is InChI=1S/C20H23N3O4/c1-4-13(2)14-7-9-15(10-8-14)21-17(24)12-23-18(25)20(3,22-19(23)26)16-6-5-11-27-16/h5-11,13H,4,12H2,1-3H3,(H,21,24)(H,22,26)/t13-,20-/m0/s1. The molecule has 1 saturated heterocycles. The largest absolute Gasteiger partial charge is 0.466 e. The summed E-state index contributed by atoms with van der Waals surface area (Å²) in [6.07, 6.45) is 2.46. The van der Waals surface area contributed by atoms with Crippen molar-refractivity contribution in [1.82, 2.24) is 10.2 Å². The third-order valence-electron chi connectivity index (χ3n) is 4.97. The van der Waals surface area contributed by atoms with Crippen LogP contribution in [0.25, 0.3) is 0 Å². The number of nitrogens with zero attached hydrogens (tertiary/aromatic N) is 1. The van der Waals surface area contributed by atoms with E-state index < -0.39 is 23.4 Å². The van der Waals surface area contributed by atoms with Gasteiger partial charge in [0, 0.05) is 5.69 Å². The second-order valence-electron chi connectivity index (χ2n) is 6.90. The molecule has 2 atom stereocenters. The number of carbonyl (C=O) groups excluding carboxylic acids is 3. The van der Waals surface area contributed by atoms with Crippen LogP contribution in [0.4, 0.5) is 10.5 Å². The molecule has 1 aliphatic rings. The quantitative estimate of drug-likeness (QED) is 0.765. The van der Waals surface area contributed by atoms with Gasteiger partial charge in [0.1, 0.15) is 12.3 Å². The zero-order chi connectivity index (χ0) is 19.6. The number of furan rings is 1. The van der Waals surface area contributed by atoms with Gasteiger partial charge in [-0.2, -0.15) is 0 Å². The van der Waals surface area contributed by atoms with Gasteiger partial charge in [0.2, 0.25) is 5.91 Å². The Morgan fingerprint density at radius 3 is 2.56 bits per heavy atom. The van der Waals surface area contributed by atoms with Gasteiger partial charge in [0.15, 0.2) is 5.54 Å². The van der Waals surface area contributed by atoms with Crippen LogP contribution in [0.1, 0.15) is 44.4 Å². The van der Waals surface area contributed by atoms with Crippen molar-refractivity contribution in [2.24, 2.45) is 0 Å². The van der Waals surface area contributed by atoms with Gasteiger partial charge in [0.25, 0.3) is 5.91 Å². The van der Waals surface area contributed by atoms with Gasteiger partial charge in [-0.15, -0.1) is 0 Å². The van der Waals surface area contributed by atoms with Crippen LogP contribution < -0.4 is 10.6 Å². The molecular formula is C20H23N3O4. The van der Waals surface area contributed by atoms with E-state index in [0.29, 0.717) is 17.4 Å². The van der Waals surface area contributed by atoms with Crippen LogP contribution in [0, 0.1) is 0 Å². The molecule has 142 valence electrons. The van der Waals surface area contributed by atoms with E-state index in [4.69, 9.17) is 4.42 Å². The smallest absolute Gasteiger partial charge is 0.325 e. The average molecular weight is 369 g/mol. The summed E-state index contributed by atoms with van der Waals surface area (Å²) < 4.78 is 5.27. The topological polar surface area (TPSA) is 91.7 Å². The highest BCUT2D eigenvalue weighted by Crippen LogP contribution is 2.29. The summed E-state index contributed by atoms with van der Waals surface area (Å²) in [5.74, 6) is -0.201. The molecular weight excluding hydrogens is 346 g/mol. The number of benzene rings is 1. The molecule has 0 bridgehead atoms. The summed E-state index contributed by atoms with van der Waals surface area (Å²) in [5.41, 5.74) is 0.505. The van der Waals surface area contributed by atoms with E-state index in [1.165, 1.54) is 11.8 Å². The van der Waals surface area contributed by atoms with Crippen molar-refractivity contribution in [3.63, 3.8) is 0 Å². The fourth-order valence-corrected chi connectivity index (χ4v) is 3.05. The van der Waals surface area contributed by atoms with Gasteiger partial charge in [0.05, 0.1) is 6.26 Å². The third kappa shape index (κ3) is 3.58. The van der Waals surface area contributed by atoms with Gasteiger partial charge in [-0.25, -0.2) is 4.79 Å². The lowest BCUT2D eigenvalue weighted by Gasteiger charge is -2.18. The van der Waals surface area contributed by atoms with Crippen molar-refractivity contribution in [1.29, 1.82) is 0 Å². The lowest BCUT2D eigenvalue weighted by atomic mass is 9.98. The van der Waals surface area contributed by atoms with E-state index in [9.17, 15) is 14.4 Å². The lowest BCUT2D eigenvalue weighted by molar-refractivity contribution is -0.134. The van der Waals surface area contributed by atoms with E-state index in [1.54, 1.807) is 19.1 Å². The molecule has 27 heavy (non-hydrogen) atoms. The Labute approximate surface area is 157 Å². The molecule has 3 rings (SSSR count). The summed E-state index contributed by atoms with van der Waals surface area (Å²) in [4.78, 5) is 38.1. The van der Waals surface area contributed by atoms with Gasteiger partial charge in [-0.1, -0.05) is 26.0 Å². The molecule has 0 aliphatic carbocycles. The van der Waals surface area contributed by atoms with E-state index in [-0.39, 0.29) is 6.54 Å². The average Bonchev–Trinajstić information content (AvgIpc) is 3.26. The molecule has 1 aliphatic heterocycles. The molecule has 0 unspecified atom stereocenters. The zero-order valence-electron chi connectivity index (χ0n) is 15.6. The molecule has 7 nitrogen and oxygen atoms in total. The molecule has 0 radical (unpaired) electrons. The number of urea groups is 1. The van der Waals surface area contributed by atoms with Crippen LogP contribution in [0.5, 0.6) is 0 Å². The van der Waals surface area contributed by atoms with Crippen molar-refractivity contribution in [3.8, 4) is 0 Å². The Hall–Kier alpha value is -3.09. The van der Waals surface area contributed by atoms with Gasteiger partial charge >= 0.3 is 6.03 Å². The van der Waals surface area contributed by atoms with Gasteiger partial charge in [-0.3, -0.25) is 14.5 Å². The fraction of sp³-hybridized carbons (Fsp3) is 0.350. The van der Waals surface area contributed by atoms with Gasteiger partial charge < -0.3 is 15.1 Å². The van der Waals surface area contributed by atoms with Crippen molar-refractivity contribution in [2.75, 3.05) is 11.9 Å². The molecule has 1 fully saturated rings. The Balaban J connectivity index is 1.66. The molecule has 2 aromatic rings. The zero-order valence-corrected chi connectivity index (χ0v) is 15.6. The van der Waals surface area contributed by atoms with E-state index in [1.807, 2.05) is 24.3 Å². The molecule has 0 saturated carbocycles. The number of nitrogens with one attached hydrogen (secondary N) is 2. The Morgan fingerprint density at radius 1 is 1.26 bits per heavy atom. The molecule has 4 amide bonds. The van der Waals surface area contributed by atoms with Crippen LogP contribution in [0.3, 0.4) is 0 Å². The second-order valence-corrected chi connectivity index (χ2v) is 6.90. The Bertz CT molecular complexity index is 845. The molecule has 0 spiro atoms. The molecule has 1 aromatic carbocycles. The van der Waals surface area contributed by atoms with Crippen LogP contribution in [-0.2, 0) is 15.1 Å². The van der Waals surface area contributed by atoms with Crippen molar-refractivity contribution in [3.05, 3.63) is 54.0 Å². The number of hydrogen-bond donors (Lipinski definition) is 2. The minimum absolute atomic E-state index is 0.324. The minimum atomic E-state index is -1.31. The molecule has 2 heterocycles. The number of rotatable bonds is 6. The molecule has 1 aromatic heterocycles. The number of carbonyl (C=O) groups is 3. The maximum absolute atomic E-state index is 12.7. The first-order chi connectivity index (χ1) is 12.8. The number of hydrogen-bond acceptors (Lipinski definition) is 4. The first-order valence-electron chi connectivity index (χ1n) is 8.93. The third-order valence-corrected chi connectivity index (χ3v) is 4.97. The van der Waals surface area contributed by atoms with E-state index in [2.05, 4.69) is 24.5 Å². The van der Waals surface area contributed by atoms with Crippen molar-refractivity contribution < 1.29 is 18.8 Å². The summed E-state index contributed by atoms with van der Waals surface area (Å²) in [6.45, 7) is 5.45. The number of amides is 4. The first-order valence-corrected chi connectivity index (χ1v) is 8.93.